The minimum Gasteiger partial charge on any atom is -0.390 e. The third-order valence-electron chi connectivity index (χ3n) is 6.53. The van der Waals surface area contributed by atoms with Crippen LogP contribution in [0.15, 0.2) is 47.6 Å². The molecule has 0 saturated heterocycles. The number of anilines is 2. The number of benzene rings is 1. The van der Waals surface area contributed by atoms with E-state index in [1.807, 2.05) is 26.8 Å². The van der Waals surface area contributed by atoms with Crippen LogP contribution in [0.5, 0.6) is 0 Å². The van der Waals surface area contributed by atoms with Gasteiger partial charge in [-0.2, -0.15) is 4.31 Å². The minimum absolute atomic E-state index is 0.206. The average Bonchev–Trinajstić information content (AvgIpc) is 3.58. The molecule has 1 aliphatic rings. The molecular weight excluding hydrogens is 516 g/mol. The van der Waals surface area contributed by atoms with Crippen LogP contribution in [-0.2, 0) is 27.7 Å². The molecule has 1 saturated carbocycles. The number of rotatable bonds is 12. The van der Waals surface area contributed by atoms with E-state index in [1.165, 1.54) is 17.1 Å². The molecule has 0 spiro atoms. The van der Waals surface area contributed by atoms with E-state index in [0.29, 0.717) is 30.6 Å². The highest BCUT2D eigenvalue weighted by Crippen LogP contribution is 2.34. The van der Waals surface area contributed by atoms with Crippen molar-refractivity contribution in [1.82, 2.24) is 23.8 Å². The number of aromatic nitrogens is 4. The van der Waals surface area contributed by atoms with Crippen molar-refractivity contribution in [3.63, 3.8) is 0 Å². The quantitative estimate of drug-likeness (QED) is 0.340. The summed E-state index contributed by atoms with van der Waals surface area (Å²) in [6.07, 6.45) is 6.33. The van der Waals surface area contributed by atoms with Crippen LogP contribution in [-0.4, -0.2) is 68.7 Å². The molecule has 0 radical (unpaired) electrons. The van der Waals surface area contributed by atoms with Gasteiger partial charge in [-0.15, -0.1) is 0 Å². The van der Waals surface area contributed by atoms with Crippen molar-refractivity contribution in [2.45, 2.75) is 76.5 Å². The van der Waals surface area contributed by atoms with E-state index in [9.17, 15) is 13.5 Å². The van der Waals surface area contributed by atoms with Gasteiger partial charge < -0.3 is 19.7 Å². The highest BCUT2D eigenvalue weighted by atomic mass is 32.2. The van der Waals surface area contributed by atoms with E-state index in [0.717, 1.165) is 23.8 Å². The van der Waals surface area contributed by atoms with E-state index in [4.69, 9.17) is 9.72 Å². The van der Waals surface area contributed by atoms with Gasteiger partial charge in [0.15, 0.2) is 0 Å². The molecule has 0 aliphatic heterocycles. The Morgan fingerprint density at radius 3 is 2.38 bits per heavy atom. The molecule has 0 bridgehead atoms. The Morgan fingerprint density at radius 2 is 1.79 bits per heavy atom. The summed E-state index contributed by atoms with van der Waals surface area (Å²) >= 11 is 0. The normalized spacial score (nSPS) is 14.7. The van der Waals surface area contributed by atoms with Gasteiger partial charge in [0.2, 0.25) is 16.0 Å². The zero-order chi connectivity index (χ0) is 28.4. The van der Waals surface area contributed by atoms with Crippen LogP contribution in [0.2, 0.25) is 0 Å². The zero-order valence-corrected chi connectivity index (χ0v) is 24.5. The van der Waals surface area contributed by atoms with Gasteiger partial charge in [0.25, 0.3) is 0 Å². The lowest BCUT2D eigenvalue weighted by molar-refractivity contribution is 0.0777. The first-order chi connectivity index (χ1) is 18.3. The smallest absolute Gasteiger partial charge is 0.243 e. The first-order valence-corrected chi connectivity index (χ1v) is 14.7. The van der Waals surface area contributed by atoms with E-state index in [1.54, 1.807) is 57.6 Å². The molecule has 2 heterocycles. The van der Waals surface area contributed by atoms with Crippen LogP contribution in [0.25, 0.3) is 11.4 Å². The molecular formula is C28H40N6O4S. The molecule has 3 aromatic rings. The maximum Gasteiger partial charge on any atom is 0.243 e. The van der Waals surface area contributed by atoms with E-state index < -0.39 is 21.2 Å². The monoisotopic (exact) mass is 556 g/mol. The van der Waals surface area contributed by atoms with Gasteiger partial charge in [-0.25, -0.2) is 23.4 Å². The Balaban J connectivity index is 1.55. The van der Waals surface area contributed by atoms with Crippen LogP contribution in [0, 0.1) is 5.92 Å². The summed E-state index contributed by atoms with van der Waals surface area (Å²) in [6.45, 7) is 10.6. The van der Waals surface area contributed by atoms with Crippen molar-refractivity contribution < 1.29 is 18.3 Å². The standard InChI is InChI=1S/C28H40N6O4S/c1-27(2,3)34(15-16-38-6)39(36,37)22-11-9-21(10-12-22)31-26-29-14-13-23(32-26)24-18-30-25(17-28(4,5)35)33(24)19-20-7-8-20/h9-14,18,20,35H,7-8,15-17,19H2,1-6H3,(H,29,31,32). The van der Waals surface area contributed by atoms with Gasteiger partial charge in [-0.1, -0.05) is 0 Å². The van der Waals surface area contributed by atoms with Crippen molar-refractivity contribution in [3.8, 4) is 11.4 Å². The fourth-order valence-electron chi connectivity index (χ4n) is 4.43. The van der Waals surface area contributed by atoms with Gasteiger partial charge in [0.1, 0.15) is 5.82 Å². The number of nitrogens with one attached hydrogen (secondary N) is 1. The second-order valence-electron chi connectivity index (χ2n) is 11.8. The van der Waals surface area contributed by atoms with Crippen molar-refractivity contribution in [3.05, 3.63) is 48.5 Å². The number of nitrogens with zero attached hydrogens (tertiary/aromatic N) is 5. The SMILES string of the molecule is COCCN(C(C)(C)C)S(=O)(=O)c1ccc(Nc2nccc(-c3cnc(CC(C)(C)O)n3CC3CC3)n2)cc1. The third-order valence-corrected chi connectivity index (χ3v) is 8.71. The highest BCUT2D eigenvalue weighted by Gasteiger charge is 2.33. The van der Waals surface area contributed by atoms with Crippen molar-refractivity contribution >= 4 is 21.7 Å². The molecule has 2 aromatic heterocycles. The van der Waals surface area contributed by atoms with E-state index in [-0.39, 0.29) is 11.4 Å². The lowest BCUT2D eigenvalue weighted by atomic mass is 10.1. The number of sulfonamides is 1. The fourth-order valence-corrected chi connectivity index (χ4v) is 6.20. The van der Waals surface area contributed by atoms with Crippen molar-refractivity contribution in [2.24, 2.45) is 5.92 Å². The van der Waals surface area contributed by atoms with E-state index in [2.05, 4.69) is 19.9 Å². The molecule has 39 heavy (non-hydrogen) atoms. The highest BCUT2D eigenvalue weighted by molar-refractivity contribution is 7.89. The van der Waals surface area contributed by atoms with Crippen LogP contribution in [0.3, 0.4) is 0 Å². The first-order valence-electron chi connectivity index (χ1n) is 13.3. The maximum atomic E-state index is 13.4. The number of hydrogen-bond donors (Lipinski definition) is 2. The second-order valence-corrected chi connectivity index (χ2v) is 13.6. The summed E-state index contributed by atoms with van der Waals surface area (Å²) in [5.74, 6) is 1.85. The summed E-state index contributed by atoms with van der Waals surface area (Å²) in [4.78, 5) is 13.9. The van der Waals surface area contributed by atoms with Crippen molar-refractivity contribution in [1.29, 1.82) is 0 Å². The average molecular weight is 557 g/mol. The first kappa shape index (κ1) is 29.1. The Labute approximate surface area is 231 Å². The van der Waals surface area contributed by atoms with Crippen LogP contribution < -0.4 is 5.32 Å². The van der Waals surface area contributed by atoms with Gasteiger partial charge in [0.05, 0.1) is 34.7 Å². The van der Waals surface area contributed by atoms with Crippen LogP contribution in [0.1, 0.15) is 53.3 Å². The number of imidazole rings is 1. The largest absolute Gasteiger partial charge is 0.390 e. The van der Waals surface area contributed by atoms with Gasteiger partial charge in [-0.3, -0.25) is 0 Å². The lowest BCUT2D eigenvalue weighted by Crippen LogP contribution is -2.47. The minimum atomic E-state index is -3.72. The summed E-state index contributed by atoms with van der Waals surface area (Å²) in [5, 5.41) is 13.6. The lowest BCUT2D eigenvalue weighted by Gasteiger charge is -2.34. The van der Waals surface area contributed by atoms with Gasteiger partial charge >= 0.3 is 0 Å². The fraction of sp³-hybridized carbons (Fsp3) is 0.536. The molecule has 212 valence electrons. The number of aliphatic hydroxyl groups is 1. The molecule has 1 aliphatic carbocycles. The van der Waals surface area contributed by atoms with Crippen molar-refractivity contribution in [2.75, 3.05) is 25.6 Å². The number of ether oxygens (including phenoxy) is 1. The van der Waals surface area contributed by atoms with Gasteiger partial charge in [-0.05, 0) is 83.7 Å². The summed E-state index contributed by atoms with van der Waals surface area (Å²) < 4.78 is 35.5. The predicted octanol–water partition coefficient (Wildman–Crippen LogP) is 4.24. The summed E-state index contributed by atoms with van der Waals surface area (Å²) in [7, 11) is -2.16. The maximum absolute atomic E-state index is 13.4. The molecule has 0 amide bonds. The molecule has 11 heteroatoms. The second kappa shape index (κ2) is 11.3. The number of hydrogen-bond acceptors (Lipinski definition) is 8. The van der Waals surface area contributed by atoms with Gasteiger partial charge in [0, 0.05) is 44.0 Å². The summed E-state index contributed by atoms with van der Waals surface area (Å²) in [5.41, 5.74) is 0.809. The molecule has 1 fully saturated rings. The Kier molecular flexibility index (Phi) is 8.46. The topological polar surface area (TPSA) is 122 Å². The Hall–Kier alpha value is -2.86. The van der Waals surface area contributed by atoms with Crippen LogP contribution in [0.4, 0.5) is 11.6 Å². The third kappa shape index (κ3) is 7.42. The predicted molar refractivity (Wildman–Crippen MR) is 151 cm³/mol. The molecule has 0 unspecified atom stereocenters. The summed E-state index contributed by atoms with van der Waals surface area (Å²) in [6, 6.07) is 8.43. The van der Waals surface area contributed by atoms with Crippen LogP contribution >= 0.6 is 0 Å². The number of methoxy groups -OCH3 is 1. The molecule has 0 atom stereocenters. The molecule has 2 N–H and O–H groups in total. The Bertz CT molecular complexity index is 1370. The molecule has 10 nitrogen and oxygen atoms in total. The molecule has 1 aromatic carbocycles. The Morgan fingerprint density at radius 1 is 1.10 bits per heavy atom. The van der Waals surface area contributed by atoms with E-state index >= 15 is 0 Å². The zero-order valence-electron chi connectivity index (χ0n) is 23.7. The molecule has 4 rings (SSSR count).